The Kier molecular flexibility index (Phi) is 5.65. The molecule has 0 radical (unpaired) electrons. The third kappa shape index (κ3) is 3.79. The van der Waals surface area contributed by atoms with E-state index in [0.717, 1.165) is 33.2 Å². The van der Waals surface area contributed by atoms with Crippen LogP contribution in [-0.4, -0.2) is 14.5 Å². The minimum atomic E-state index is 0.678. The molecule has 12 aromatic rings. The lowest BCUT2D eigenvalue weighted by atomic mass is 9.98. The van der Waals surface area contributed by atoms with Gasteiger partial charge >= 0.3 is 0 Å². The first-order chi connectivity index (χ1) is 25.8. The Balaban J connectivity index is 1.29. The highest BCUT2D eigenvalue weighted by atomic mass is 32.1. The van der Waals surface area contributed by atoms with Crippen LogP contribution in [0.15, 0.2) is 164 Å². The zero-order valence-corrected chi connectivity index (χ0v) is 28.7. The molecule has 52 heavy (non-hydrogen) atoms. The lowest BCUT2D eigenvalue weighted by molar-refractivity contribution is 1.02. The van der Waals surface area contributed by atoms with E-state index in [1.54, 1.807) is 0 Å². The quantitative estimate of drug-likeness (QED) is 0.171. The van der Waals surface area contributed by atoms with Gasteiger partial charge in [0.05, 0.1) is 26.9 Å². The molecule has 3 nitrogen and oxygen atoms in total. The lowest BCUT2D eigenvalue weighted by Gasteiger charge is -2.14. The molecule has 0 aliphatic rings. The van der Waals surface area contributed by atoms with E-state index in [-0.39, 0.29) is 0 Å². The molecule has 0 aliphatic carbocycles. The Hall–Kier alpha value is -6.62. The molecule has 0 bridgehead atoms. The number of aromatic nitrogens is 3. The fourth-order valence-electron chi connectivity index (χ4n) is 8.67. The molecule has 12 rings (SSSR count). The minimum Gasteiger partial charge on any atom is -0.276 e. The van der Waals surface area contributed by atoms with Crippen LogP contribution >= 0.6 is 11.3 Å². The number of fused-ring (bicyclic) bond motifs is 16. The number of hydrogen-bond donors (Lipinski definition) is 0. The summed E-state index contributed by atoms with van der Waals surface area (Å²) in [7, 11) is 0. The maximum absolute atomic E-state index is 5.60. The van der Waals surface area contributed by atoms with Gasteiger partial charge in [0.15, 0.2) is 0 Å². The first-order valence-electron chi connectivity index (χ1n) is 17.7. The molecular weight excluding hydrogens is 651 g/mol. The number of rotatable bonds is 2. The molecule has 0 spiro atoms. The maximum atomic E-state index is 5.60. The van der Waals surface area contributed by atoms with Crippen LogP contribution in [0.25, 0.3) is 113 Å². The molecule has 3 aromatic heterocycles. The van der Waals surface area contributed by atoms with Crippen LogP contribution in [0.2, 0.25) is 0 Å². The van der Waals surface area contributed by atoms with Crippen LogP contribution in [-0.2, 0) is 0 Å². The Labute approximate surface area is 301 Å². The van der Waals surface area contributed by atoms with Crippen LogP contribution < -0.4 is 0 Å². The molecule has 3 heterocycles. The molecule has 0 fully saturated rings. The Morgan fingerprint density at radius 2 is 1.00 bits per heavy atom. The number of benzene rings is 9. The van der Waals surface area contributed by atoms with E-state index in [9.17, 15) is 0 Å². The van der Waals surface area contributed by atoms with Gasteiger partial charge in [-0.3, -0.25) is 4.57 Å². The second-order valence-corrected chi connectivity index (χ2v) is 14.8. The van der Waals surface area contributed by atoms with Crippen molar-refractivity contribution >= 4 is 107 Å². The Morgan fingerprint density at radius 1 is 0.404 bits per heavy atom. The van der Waals surface area contributed by atoms with Gasteiger partial charge < -0.3 is 0 Å². The van der Waals surface area contributed by atoms with E-state index in [0.29, 0.717) is 5.95 Å². The summed E-state index contributed by atoms with van der Waals surface area (Å²) in [5.74, 6) is 0.678. The van der Waals surface area contributed by atoms with Crippen LogP contribution in [0.4, 0.5) is 0 Å². The third-order valence-corrected chi connectivity index (χ3v) is 12.1. The van der Waals surface area contributed by atoms with Gasteiger partial charge in [0.1, 0.15) is 0 Å². The topological polar surface area (TPSA) is 30.7 Å². The van der Waals surface area contributed by atoms with E-state index < -0.39 is 0 Å². The summed E-state index contributed by atoms with van der Waals surface area (Å²) >= 11 is 1.87. The number of thiophene rings is 1. The number of hydrogen-bond acceptors (Lipinski definition) is 3. The van der Waals surface area contributed by atoms with Crippen LogP contribution in [0.1, 0.15) is 0 Å². The van der Waals surface area contributed by atoms with Gasteiger partial charge in [-0.15, -0.1) is 11.3 Å². The van der Waals surface area contributed by atoms with Crippen LogP contribution in [0.5, 0.6) is 0 Å². The summed E-state index contributed by atoms with van der Waals surface area (Å²) in [6, 6.07) is 59.3. The summed E-state index contributed by atoms with van der Waals surface area (Å²) in [5, 5.41) is 15.9. The molecule has 0 N–H and O–H groups in total. The predicted octanol–water partition coefficient (Wildman–Crippen LogP) is 13.4. The van der Waals surface area contributed by atoms with E-state index >= 15 is 0 Å². The monoisotopic (exact) mass is 677 g/mol. The highest BCUT2D eigenvalue weighted by Crippen LogP contribution is 2.49. The molecule has 0 amide bonds. The van der Waals surface area contributed by atoms with Gasteiger partial charge in [-0.2, -0.15) is 0 Å². The van der Waals surface area contributed by atoms with E-state index in [2.05, 4.69) is 168 Å². The van der Waals surface area contributed by atoms with Gasteiger partial charge in [-0.25, -0.2) is 9.97 Å². The van der Waals surface area contributed by atoms with E-state index in [1.165, 1.54) is 74.0 Å². The molecule has 0 saturated heterocycles. The SMILES string of the molecule is c1ccc2c(c1)ccc1ccc(-c3nc(-n4c5c6ccccc6ccc5c5c6ccccc6c6c7ccccc7sc6c54)nc4ccccc34)cc12. The second-order valence-electron chi connectivity index (χ2n) is 13.7. The fraction of sp³-hybridized carbons (Fsp3) is 0. The van der Waals surface area contributed by atoms with E-state index in [1.807, 2.05) is 11.3 Å². The summed E-state index contributed by atoms with van der Waals surface area (Å²) in [6.07, 6.45) is 0. The molecule has 0 unspecified atom stereocenters. The maximum Gasteiger partial charge on any atom is 0.235 e. The molecule has 240 valence electrons. The summed E-state index contributed by atoms with van der Waals surface area (Å²) in [6.45, 7) is 0. The lowest BCUT2D eigenvalue weighted by Crippen LogP contribution is -2.04. The zero-order chi connectivity index (χ0) is 33.9. The Morgan fingerprint density at radius 3 is 1.83 bits per heavy atom. The molecule has 0 saturated carbocycles. The molecular formula is C48H27N3S. The highest BCUT2D eigenvalue weighted by molar-refractivity contribution is 7.27. The third-order valence-electron chi connectivity index (χ3n) is 10.9. The first-order valence-corrected chi connectivity index (χ1v) is 18.5. The predicted molar refractivity (Wildman–Crippen MR) is 222 cm³/mol. The van der Waals surface area contributed by atoms with Gasteiger partial charge in [0.2, 0.25) is 5.95 Å². The van der Waals surface area contributed by atoms with Crippen molar-refractivity contribution in [3.8, 4) is 17.2 Å². The molecule has 4 heteroatoms. The normalized spacial score (nSPS) is 12.2. The zero-order valence-electron chi connectivity index (χ0n) is 27.8. The van der Waals surface area contributed by atoms with Gasteiger partial charge in [0.25, 0.3) is 0 Å². The molecule has 0 aliphatic heterocycles. The fourth-order valence-corrected chi connectivity index (χ4v) is 9.93. The number of para-hydroxylation sites is 1. The van der Waals surface area contributed by atoms with E-state index in [4.69, 9.17) is 9.97 Å². The number of nitrogens with zero attached hydrogens (tertiary/aromatic N) is 3. The average molecular weight is 678 g/mol. The van der Waals surface area contributed by atoms with Gasteiger partial charge in [-0.1, -0.05) is 146 Å². The van der Waals surface area contributed by atoms with Crippen LogP contribution in [0, 0.1) is 0 Å². The first kappa shape index (κ1) is 28.1. The van der Waals surface area contributed by atoms with Gasteiger partial charge in [0, 0.05) is 42.6 Å². The van der Waals surface area contributed by atoms with Crippen molar-refractivity contribution in [1.29, 1.82) is 0 Å². The van der Waals surface area contributed by atoms with Gasteiger partial charge in [-0.05, 0) is 55.9 Å². The smallest absolute Gasteiger partial charge is 0.235 e. The summed E-state index contributed by atoms with van der Waals surface area (Å²) in [4.78, 5) is 11.0. The largest absolute Gasteiger partial charge is 0.276 e. The van der Waals surface area contributed by atoms with Crippen molar-refractivity contribution in [2.24, 2.45) is 0 Å². The van der Waals surface area contributed by atoms with Crippen molar-refractivity contribution < 1.29 is 0 Å². The highest BCUT2D eigenvalue weighted by Gasteiger charge is 2.25. The van der Waals surface area contributed by atoms with Crippen molar-refractivity contribution in [2.75, 3.05) is 0 Å². The van der Waals surface area contributed by atoms with Crippen molar-refractivity contribution in [3.63, 3.8) is 0 Å². The molecule has 9 aromatic carbocycles. The van der Waals surface area contributed by atoms with Crippen LogP contribution in [0.3, 0.4) is 0 Å². The Bertz CT molecular complexity index is 3480. The summed E-state index contributed by atoms with van der Waals surface area (Å²) in [5.41, 5.74) is 5.22. The average Bonchev–Trinajstić information content (AvgIpc) is 3.78. The molecule has 0 atom stereocenters. The minimum absolute atomic E-state index is 0.678. The van der Waals surface area contributed by atoms with Crippen molar-refractivity contribution in [3.05, 3.63) is 164 Å². The summed E-state index contributed by atoms with van der Waals surface area (Å²) < 4.78 is 4.91. The standard InChI is InChI=1S/C48H27N3S/c1-3-13-32-28(11-1)21-22-30-23-24-31(27-39(30)32)44-36-17-7-9-19-40(36)49-48(50-44)51-45-33-14-4-2-12-29(33)25-26-38(45)42-34-15-5-6-16-35(34)43-37-18-8-10-20-41(37)52-47(43)46(42)51/h1-27H. The van der Waals surface area contributed by atoms with Crippen molar-refractivity contribution in [1.82, 2.24) is 14.5 Å². The second kappa shape index (κ2) is 10.5. The van der Waals surface area contributed by atoms with Crippen molar-refractivity contribution in [2.45, 2.75) is 0 Å².